The van der Waals surface area contributed by atoms with Crippen LogP contribution in [-0.2, 0) is 0 Å². The van der Waals surface area contributed by atoms with Gasteiger partial charge in [-0.2, -0.15) is 5.26 Å². The average Bonchev–Trinajstić information content (AvgIpc) is 2.15. The third-order valence-electron chi connectivity index (χ3n) is 1.64. The maximum absolute atomic E-state index is 8.90. The zero-order valence-corrected chi connectivity index (χ0v) is 10.7. The summed E-state index contributed by atoms with van der Waals surface area (Å²) in [6.07, 6.45) is 0. The van der Waals surface area contributed by atoms with E-state index in [0.717, 1.165) is 20.7 Å². The van der Waals surface area contributed by atoms with Gasteiger partial charge in [0.05, 0.1) is 5.56 Å². The predicted octanol–water partition coefficient (Wildman–Crippen LogP) is 4.07. The van der Waals surface area contributed by atoms with Gasteiger partial charge in [-0.15, -0.1) is 11.8 Å². The number of benzene rings is 1. The molecule has 0 fully saturated rings. The number of nitrogens with zero attached hydrogens (tertiary/aromatic N) is 1. The van der Waals surface area contributed by atoms with Gasteiger partial charge in [-0.25, -0.2) is 0 Å². The van der Waals surface area contributed by atoms with E-state index in [9.17, 15) is 0 Å². The molecule has 0 heterocycles. The Kier molecular flexibility index (Phi) is 4.50. The van der Waals surface area contributed by atoms with E-state index in [1.807, 2.05) is 18.2 Å². The van der Waals surface area contributed by atoms with E-state index in [1.54, 1.807) is 11.8 Å². The van der Waals surface area contributed by atoms with Crippen LogP contribution in [0.4, 0.5) is 0 Å². The zero-order valence-electron chi connectivity index (χ0n) is 8.25. The van der Waals surface area contributed by atoms with Crippen LogP contribution in [0.15, 0.2) is 27.6 Å². The molecule has 0 aliphatic rings. The van der Waals surface area contributed by atoms with Crippen molar-refractivity contribution in [3.8, 4) is 6.07 Å². The molecule has 0 unspecified atom stereocenters. The summed E-state index contributed by atoms with van der Waals surface area (Å²) >= 11 is 5.15. The first-order chi connectivity index (χ1) is 6.63. The van der Waals surface area contributed by atoms with Crippen LogP contribution in [-0.4, -0.2) is 5.75 Å². The van der Waals surface area contributed by atoms with Gasteiger partial charge >= 0.3 is 0 Å². The Morgan fingerprint density at radius 3 is 2.79 bits per heavy atom. The molecule has 0 aromatic heterocycles. The Hall–Kier alpha value is -0.460. The molecule has 0 saturated heterocycles. The van der Waals surface area contributed by atoms with Crippen molar-refractivity contribution in [2.75, 3.05) is 5.75 Å². The Morgan fingerprint density at radius 2 is 2.21 bits per heavy atom. The summed E-state index contributed by atoms with van der Waals surface area (Å²) in [7, 11) is 0. The highest BCUT2D eigenvalue weighted by Crippen LogP contribution is 2.27. The summed E-state index contributed by atoms with van der Waals surface area (Å²) in [5, 5.41) is 8.90. The Bertz CT molecular complexity index is 355. The predicted molar refractivity (Wildman–Crippen MR) is 64.4 cm³/mol. The summed E-state index contributed by atoms with van der Waals surface area (Å²) < 4.78 is 1.03. The van der Waals surface area contributed by atoms with Crippen molar-refractivity contribution >= 4 is 27.7 Å². The van der Waals surface area contributed by atoms with E-state index in [2.05, 4.69) is 35.8 Å². The van der Waals surface area contributed by atoms with E-state index < -0.39 is 0 Å². The molecule has 1 aromatic carbocycles. The molecule has 0 aliphatic heterocycles. The average molecular weight is 270 g/mol. The van der Waals surface area contributed by atoms with Crippen LogP contribution < -0.4 is 0 Å². The van der Waals surface area contributed by atoms with Gasteiger partial charge in [-0.05, 0) is 24.1 Å². The zero-order chi connectivity index (χ0) is 10.6. The molecular weight excluding hydrogens is 258 g/mol. The van der Waals surface area contributed by atoms with E-state index in [1.165, 1.54) is 0 Å². The second-order valence-corrected chi connectivity index (χ2v) is 5.43. The molecule has 0 bridgehead atoms. The van der Waals surface area contributed by atoms with Crippen LogP contribution in [0.5, 0.6) is 0 Å². The fourth-order valence-electron chi connectivity index (χ4n) is 0.964. The van der Waals surface area contributed by atoms with Crippen LogP contribution in [0.1, 0.15) is 19.4 Å². The van der Waals surface area contributed by atoms with Crippen LogP contribution in [0.25, 0.3) is 0 Å². The highest BCUT2D eigenvalue weighted by Gasteiger charge is 2.04. The highest BCUT2D eigenvalue weighted by atomic mass is 79.9. The van der Waals surface area contributed by atoms with Crippen molar-refractivity contribution in [3.05, 3.63) is 28.2 Å². The van der Waals surface area contributed by atoms with Crippen LogP contribution in [0.3, 0.4) is 0 Å². The van der Waals surface area contributed by atoms with E-state index >= 15 is 0 Å². The maximum Gasteiger partial charge on any atom is 0.100 e. The molecule has 1 aromatic rings. The summed E-state index contributed by atoms with van der Waals surface area (Å²) in [5.41, 5.74) is 0.763. The fourth-order valence-corrected chi connectivity index (χ4v) is 2.47. The number of hydrogen-bond donors (Lipinski definition) is 0. The smallest absolute Gasteiger partial charge is 0.100 e. The quantitative estimate of drug-likeness (QED) is 0.773. The molecular formula is C11H12BrNS. The molecule has 14 heavy (non-hydrogen) atoms. The number of halogens is 1. The van der Waals surface area contributed by atoms with Gasteiger partial charge in [0, 0.05) is 15.1 Å². The highest BCUT2D eigenvalue weighted by molar-refractivity contribution is 9.10. The van der Waals surface area contributed by atoms with Gasteiger partial charge in [0.25, 0.3) is 0 Å². The standard InChI is InChI=1S/C11H12BrNS/c1-8(2)7-14-11-5-10(12)4-3-9(11)6-13/h3-5,8H,7H2,1-2H3. The molecule has 0 radical (unpaired) electrons. The molecule has 0 N–H and O–H groups in total. The number of nitriles is 1. The Labute approximate surface area is 97.6 Å². The lowest BCUT2D eigenvalue weighted by Crippen LogP contribution is -1.91. The first-order valence-electron chi connectivity index (χ1n) is 4.46. The molecule has 0 spiro atoms. The van der Waals surface area contributed by atoms with Crippen molar-refractivity contribution in [2.24, 2.45) is 5.92 Å². The van der Waals surface area contributed by atoms with Crippen molar-refractivity contribution < 1.29 is 0 Å². The summed E-state index contributed by atoms with van der Waals surface area (Å²) in [6, 6.07) is 7.97. The lowest BCUT2D eigenvalue weighted by molar-refractivity contribution is 0.750. The third-order valence-corrected chi connectivity index (χ3v) is 3.61. The first-order valence-corrected chi connectivity index (χ1v) is 6.23. The van der Waals surface area contributed by atoms with Crippen LogP contribution in [0, 0.1) is 17.2 Å². The molecule has 1 rings (SSSR count). The first kappa shape index (κ1) is 11.6. The second-order valence-electron chi connectivity index (χ2n) is 3.46. The third kappa shape index (κ3) is 3.36. The number of thioether (sulfide) groups is 1. The van der Waals surface area contributed by atoms with E-state index in [-0.39, 0.29) is 0 Å². The van der Waals surface area contributed by atoms with Crippen molar-refractivity contribution in [1.29, 1.82) is 5.26 Å². The molecule has 74 valence electrons. The van der Waals surface area contributed by atoms with Crippen molar-refractivity contribution in [3.63, 3.8) is 0 Å². The lowest BCUT2D eigenvalue weighted by Gasteiger charge is -2.06. The second kappa shape index (κ2) is 5.43. The summed E-state index contributed by atoms with van der Waals surface area (Å²) in [4.78, 5) is 1.07. The van der Waals surface area contributed by atoms with Gasteiger partial charge in [0.2, 0.25) is 0 Å². The fraction of sp³-hybridized carbons (Fsp3) is 0.364. The Balaban J connectivity index is 2.84. The van der Waals surface area contributed by atoms with Crippen LogP contribution in [0.2, 0.25) is 0 Å². The molecule has 0 amide bonds. The molecule has 0 atom stereocenters. The van der Waals surface area contributed by atoms with Gasteiger partial charge in [-0.1, -0.05) is 29.8 Å². The van der Waals surface area contributed by atoms with Gasteiger partial charge in [0.1, 0.15) is 6.07 Å². The van der Waals surface area contributed by atoms with Gasteiger partial charge in [0.15, 0.2) is 0 Å². The Morgan fingerprint density at radius 1 is 1.50 bits per heavy atom. The normalized spacial score (nSPS) is 10.2. The van der Waals surface area contributed by atoms with Gasteiger partial charge < -0.3 is 0 Å². The van der Waals surface area contributed by atoms with Crippen molar-refractivity contribution in [1.82, 2.24) is 0 Å². The topological polar surface area (TPSA) is 23.8 Å². The SMILES string of the molecule is CC(C)CSc1cc(Br)ccc1C#N. The van der Waals surface area contributed by atoms with E-state index in [0.29, 0.717) is 5.92 Å². The minimum absolute atomic E-state index is 0.644. The number of hydrogen-bond acceptors (Lipinski definition) is 2. The van der Waals surface area contributed by atoms with Gasteiger partial charge in [-0.3, -0.25) is 0 Å². The maximum atomic E-state index is 8.90. The molecule has 1 nitrogen and oxygen atoms in total. The minimum atomic E-state index is 0.644. The van der Waals surface area contributed by atoms with Crippen molar-refractivity contribution in [2.45, 2.75) is 18.7 Å². The summed E-state index contributed by atoms with van der Waals surface area (Å²) in [5.74, 6) is 1.69. The largest absolute Gasteiger partial charge is 0.192 e. The monoisotopic (exact) mass is 269 g/mol. The molecule has 0 saturated carbocycles. The number of rotatable bonds is 3. The van der Waals surface area contributed by atoms with Crippen LogP contribution >= 0.6 is 27.7 Å². The van der Waals surface area contributed by atoms with E-state index in [4.69, 9.17) is 5.26 Å². The lowest BCUT2D eigenvalue weighted by atomic mass is 10.2. The summed E-state index contributed by atoms with van der Waals surface area (Å²) in [6.45, 7) is 4.36. The minimum Gasteiger partial charge on any atom is -0.192 e. The molecule has 0 aliphatic carbocycles. The molecule has 3 heteroatoms.